The number of aliphatic hydroxyl groups excluding tert-OH is 1. The number of allylic oxidation sites excluding steroid dienone is 1. The minimum Gasteiger partial charge on any atom is -0.394 e. The predicted octanol–water partition coefficient (Wildman–Crippen LogP) is 2.35. The van der Waals surface area contributed by atoms with Gasteiger partial charge in [0, 0.05) is 0 Å². The molecular weight excluding hydrogens is 292 g/mol. The van der Waals surface area contributed by atoms with Crippen molar-refractivity contribution < 1.29 is 19.4 Å². The minimum absolute atomic E-state index is 0.0427. The molecule has 1 N–H and O–H groups in total. The van der Waals surface area contributed by atoms with Crippen LogP contribution < -0.4 is 0 Å². The summed E-state index contributed by atoms with van der Waals surface area (Å²) in [5.74, 6) is -0.455. The summed E-state index contributed by atoms with van der Waals surface area (Å²) in [4.78, 5) is 24.7. The van der Waals surface area contributed by atoms with Crippen LogP contribution >= 0.6 is 0 Å². The zero-order chi connectivity index (χ0) is 16.8. The van der Waals surface area contributed by atoms with E-state index in [1.54, 1.807) is 0 Å². The van der Waals surface area contributed by atoms with E-state index in [1.165, 1.54) is 0 Å². The Hall–Kier alpha value is -1.78. The molecule has 23 heavy (non-hydrogen) atoms. The van der Waals surface area contributed by atoms with Crippen LogP contribution in [0.3, 0.4) is 0 Å². The van der Waals surface area contributed by atoms with Gasteiger partial charge in [-0.1, -0.05) is 44.2 Å². The number of rotatable bonds is 7. The first-order valence-corrected chi connectivity index (χ1v) is 8.06. The highest BCUT2D eigenvalue weighted by Gasteiger charge is 2.35. The molecule has 0 radical (unpaired) electrons. The Bertz CT molecular complexity index is 587. The SMILES string of the molecule is CC(C)C1=C(Cc2ccccc2)C(COCCO)C(=O)CC1=O. The summed E-state index contributed by atoms with van der Waals surface area (Å²) in [6.07, 6.45) is 0.540. The Morgan fingerprint density at radius 3 is 2.52 bits per heavy atom. The summed E-state index contributed by atoms with van der Waals surface area (Å²) < 4.78 is 5.41. The van der Waals surface area contributed by atoms with Crippen LogP contribution in [0, 0.1) is 11.8 Å². The lowest BCUT2D eigenvalue weighted by Crippen LogP contribution is -2.34. The monoisotopic (exact) mass is 316 g/mol. The molecule has 1 unspecified atom stereocenters. The number of ether oxygens (including phenoxy) is 1. The first kappa shape index (κ1) is 17.6. The van der Waals surface area contributed by atoms with Crippen molar-refractivity contribution in [3.8, 4) is 0 Å². The Kier molecular flexibility index (Phi) is 6.25. The van der Waals surface area contributed by atoms with Crippen molar-refractivity contribution in [2.45, 2.75) is 26.7 Å². The fourth-order valence-electron chi connectivity index (χ4n) is 3.12. The highest BCUT2D eigenvalue weighted by Crippen LogP contribution is 2.32. The quantitative estimate of drug-likeness (QED) is 0.619. The number of benzene rings is 1. The molecule has 2 rings (SSSR count). The smallest absolute Gasteiger partial charge is 0.166 e. The maximum absolute atomic E-state index is 12.4. The van der Waals surface area contributed by atoms with Gasteiger partial charge in [0.2, 0.25) is 0 Å². The fraction of sp³-hybridized carbons (Fsp3) is 0.474. The molecule has 1 atom stereocenters. The van der Waals surface area contributed by atoms with Crippen LogP contribution in [0.4, 0.5) is 0 Å². The van der Waals surface area contributed by atoms with Crippen molar-refractivity contribution in [2.75, 3.05) is 19.8 Å². The van der Waals surface area contributed by atoms with Crippen molar-refractivity contribution in [2.24, 2.45) is 11.8 Å². The largest absolute Gasteiger partial charge is 0.394 e. The summed E-state index contributed by atoms with van der Waals surface area (Å²) >= 11 is 0. The molecule has 124 valence electrons. The molecule has 0 aliphatic heterocycles. The summed E-state index contributed by atoms with van der Waals surface area (Å²) in [5, 5.41) is 8.87. The standard InChI is InChI=1S/C19H24O4/c1-13(2)19-15(10-14-6-4-3-5-7-14)16(12-23-9-8-20)17(21)11-18(19)22/h3-7,13,16,20H,8-12H2,1-2H3. The molecule has 0 saturated heterocycles. The molecule has 0 amide bonds. The van der Waals surface area contributed by atoms with Crippen molar-refractivity contribution in [3.63, 3.8) is 0 Å². The lowest BCUT2D eigenvalue weighted by atomic mass is 9.75. The van der Waals surface area contributed by atoms with Crippen LogP contribution in [-0.2, 0) is 20.7 Å². The van der Waals surface area contributed by atoms with Gasteiger partial charge in [-0.2, -0.15) is 0 Å². The number of hydrogen-bond acceptors (Lipinski definition) is 4. The van der Waals surface area contributed by atoms with Gasteiger partial charge in [-0.05, 0) is 29.0 Å². The number of Topliss-reactive ketones (excluding diaryl/α,β-unsaturated/α-hetero) is 2. The maximum atomic E-state index is 12.4. The van der Waals surface area contributed by atoms with Gasteiger partial charge in [-0.3, -0.25) is 9.59 Å². The molecule has 0 spiro atoms. The molecule has 0 bridgehead atoms. The number of ketones is 2. The number of aliphatic hydroxyl groups is 1. The van der Waals surface area contributed by atoms with Gasteiger partial charge in [0.15, 0.2) is 5.78 Å². The van der Waals surface area contributed by atoms with Crippen LogP contribution in [0.15, 0.2) is 41.5 Å². The van der Waals surface area contributed by atoms with E-state index in [0.29, 0.717) is 6.42 Å². The highest BCUT2D eigenvalue weighted by atomic mass is 16.5. The molecule has 4 nitrogen and oxygen atoms in total. The van der Waals surface area contributed by atoms with Gasteiger partial charge in [0.1, 0.15) is 5.78 Å². The van der Waals surface area contributed by atoms with E-state index < -0.39 is 5.92 Å². The van der Waals surface area contributed by atoms with Crippen LogP contribution in [0.5, 0.6) is 0 Å². The molecule has 1 aliphatic carbocycles. The van der Waals surface area contributed by atoms with Crippen molar-refractivity contribution in [1.29, 1.82) is 0 Å². The third-order valence-corrected chi connectivity index (χ3v) is 4.13. The van der Waals surface area contributed by atoms with Gasteiger partial charge < -0.3 is 9.84 Å². The number of carbonyl (C=O) groups is 2. The molecule has 0 saturated carbocycles. The zero-order valence-corrected chi connectivity index (χ0v) is 13.7. The topological polar surface area (TPSA) is 63.6 Å². The van der Waals surface area contributed by atoms with E-state index in [2.05, 4.69) is 0 Å². The minimum atomic E-state index is -0.392. The van der Waals surface area contributed by atoms with E-state index in [-0.39, 0.29) is 43.7 Å². The molecule has 1 aromatic rings. The van der Waals surface area contributed by atoms with Crippen LogP contribution in [0.1, 0.15) is 25.8 Å². The lowest BCUT2D eigenvalue weighted by Gasteiger charge is -2.29. The van der Waals surface area contributed by atoms with E-state index in [9.17, 15) is 9.59 Å². The fourth-order valence-corrected chi connectivity index (χ4v) is 3.12. The molecule has 0 heterocycles. The lowest BCUT2D eigenvalue weighted by molar-refractivity contribution is -0.129. The molecule has 0 aromatic heterocycles. The van der Waals surface area contributed by atoms with Gasteiger partial charge in [0.05, 0.1) is 32.2 Å². The first-order chi connectivity index (χ1) is 11.0. The average molecular weight is 316 g/mol. The first-order valence-electron chi connectivity index (χ1n) is 8.06. The second-order valence-corrected chi connectivity index (χ2v) is 6.17. The molecule has 4 heteroatoms. The van der Waals surface area contributed by atoms with E-state index in [1.807, 2.05) is 44.2 Å². The Labute approximate surface area is 137 Å². The van der Waals surface area contributed by atoms with Crippen LogP contribution in [-0.4, -0.2) is 36.5 Å². The summed E-state index contributed by atoms with van der Waals surface area (Å²) in [6.45, 7) is 4.33. The van der Waals surface area contributed by atoms with Crippen molar-refractivity contribution in [3.05, 3.63) is 47.0 Å². The highest BCUT2D eigenvalue weighted by molar-refractivity contribution is 6.12. The van der Waals surface area contributed by atoms with E-state index >= 15 is 0 Å². The zero-order valence-electron chi connectivity index (χ0n) is 13.7. The van der Waals surface area contributed by atoms with Gasteiger partial charge in [-0.25, -0.2) is 0 Å². The molecule has 0 fully saturated rings. The molecular formula is C19H24O4. The number of carbonyl (C=O) groups excluding carboxylic acids is 2. The molecule has 1 aromatic carbocycles. The van der Waals surface area contributed by atoms with E-state index in [0.717, 1.165) is 16.7 Å². The molecule has 1 aliphatic rings. The second kappa shape index (κ2) is 8.18. The summed E-state index contributed by atoms with van der Waals surface area (Å²) in [6, 6.07) is 9.85. The van der Waals surface area contributed by atoms with E-state index in [4.69, 9.17) is 9.84 Å². The predicted molar refractivity (Wildman–Crippen MR) is 88.0 cm³/mol. The third-order valence-electron chi connectivity index (χ3n) is 4.13. The van der Waals surface area contributed by atoms with Gasteiger partial charge in [-0.15, -0.1) is 0 Å². The summed E-state index contributed by atoms with van der Waals surface area (Å²) in [5.41, 5.74) is 2.73. The normalized spacial score (nSPS) is 18.9. The average Bonchev–Trinajstić information content (AvgIpc) is 2.50. The number of hydrogen-bond donors (Lipinski definition) is 1. The van der Waals surface area contributed by atoms with Crippen LogP contribution in [0.2, 0.25) is 0 Å². The van der Waals surface area contributed by atoms with Crippen molar-refractivity contribution in [1.82, 2.24) is 0 Å². The Balaban J connectivity index is 2.36. The second-order valence-electron chi connectivity index (χ2n) is 6.17. The summed E-state index contributed by atoms with van der Waals surface area (Å²) in [7, 11) is 0. The van der Waals surface area contributed by atoms with Crippen LogP contribution in [0.25, 0.3) is 0 Å². The maximum Gasteiger partial charge on any atom is 0.166 e. The van der Waals surface area contributed by atoms with Gasteiger partial charge >= 0.3 is 0 Å². The third kappa shape index (κ3) is 4.36. The van der Waals surface area contributed by atoms with Gasteiger partial charge in [0.25, 0.3) is 0 Å². The van der Waals surface area contributed by atoms with Crippen molar-refractivity contribution >= 4 is 11.6 Å². The Morgan fingerprint density at radius 1 is 1.22 bits per heavy atom. The Morgan fingerprint density at radius 2 is 1.91 bits per heavy atom.